The van der Waals surface area contributed by atoms with E-state index in [0.717, 1.165) is 5.92 Å². The molecular formula is C20H23N. The molecule has 0 aliphatic heterocycles. The first kappa shape index (κ1) is 12.9. The number of fused-ring (bicyclic) bond motifs is 1. The molecule has 108 valence electrons. The van der Waals surface area contributed by atoms with E-state index in [2.05, 4.69) is 54.4 Å². The zero-order valence-corrected chi connectivity index (χ0v) is 12.8. The van der Waals surface area contributed by atoms with Crippen molar-refractivity contribution in [1.82, 2.24) is 0 Å². The highest BCUT2D eigenvalue weighted by molar-refractivity contribution is 5.64. The highest BCUT2D eigenvalue weighted by Crippen LogP contribution is 2.40. The standard InChI is InChI=1S/C20H23N/c1-21(19-11-8-17(9-12-19)16-6-7-16)20-13-10-15-4-2-3-5-18(15)14-20/h8-14,16H,2-7H2,1H3. The molecule has 0 atom stereocenters. The molecule has 1 nitrogen and oxygen atoms in total. The van der Waals surface area contributed by atoms with Crippen LogP contribution in [0.4, 0.5) is 11.4 Å². The Kier molecular flexibility index (Phi) is 3.21. The lowest BCUT2D eigenvalue weighted by Crippen LogP contribution is -2.11. The van der Waals surface area contributed by atoms with Crippen molar-refractivity contribution in [3.63, 3.8) is 0 Å². The molecule has 0 unspecified atom stereocenters. The van der Waals surface area contributed by atoms with E-state index in [1.165, 1.54) is 55.5 Å². The molecule has 0 radical (unpaired) electrons. The predicted octanol–water partition coefficient (Wildman–Crippen LogP) is 5.21. The van der Waals surface area contributed by atoms with Gasteiger partial charge in [-0.15, -0.1) is 0 Å². The molecule has 0 bridgehead atoms. The Balaban J connectivity index is 1.59. The van der Waals surface area contributed by atoms with Gasteiger partial charge >= 0.3 is 0 Å². The van der Waals surface area contributed by atoms with Gasteiger partial charge in [0.15, 0.2) is 0 Å². The quantitative estimate of drug-likeness (QED) is 0.744. The van der Waals surface area contributed by atoms with Crippen LogP contribution in [0.25, 0.3) is 0 Å². The third-order valence-corrected chi connectivity index (χ3v) is 5.05. The summed E-state index contributed by atoms with van der Waals surface area (Å²) in [5, 5.41) is 0. The fraction of sp³-hybridized carbons (Fsp3) is 0.400. The lowest BCUT2D eigenvalue weighted by Gasteiger charge is -2.23. The highest BCUT2D eigenvalue weighted by Gasteiger charge is 2.23. The van der Waals surface area contributed by atoms with Gasteiger partial charge < -0.3 is 4.90 Å². The third-order valence-electron chi connectivity index (χ3n) is 5.05. The molecule has 2 aromatic rings. The van der Waals surface area contributed by atoms with Crippen LogP contribution in [0.15, 0.2) is 42.5 Å². The van der Waals surface area contributed by atoms with E-state index in [0.29, 0.717) is 0 Å². The molecule has 0 saturated heterocycles. The van der Waals surface area contributed by atoms with Crippen LogP contribution in [-0.4, -0.2) is 7.05 Å². The lowest BCUT2D eigenvalue weighted by atomic mass is 9.91. The van der Waals surface area contributed by atoms with E-state index in [4.69, 9.17) is 0 Å². The number of benzene rings is 2. The summed E-state index contributed by atoms with van der Waals surface area (Å²) in [5.74, 6) is 0.841. The van der Waals surface area contributed by atoms with Crippen molar-refractivity contribution in [2.45, 2.75) is 44.4 Å². The van der Waals surface area contributed by atoms with Gasteiger partial charge in [-0.1, -0.05) is 18.2 Å². The first-order valence-electron chi connectivity index (χ1n) is 8.27. The van der Waals surface area contributed by atoms with Gasteiger partial charge in [-0.25, -0.2) is 0 Å². The zero-order valence-electron chi connectivity index (χ0n) is 12.8. The summed E-state index contributed by atoms with van der Waals surface area (Å²) in [7, 11) is 2.18. The van der Waals surface area contributed by atoms with Crippen molar-refractivity contribution in [2.24, 2.45) is 0 Å². The second kappa shape index (κ2) is 5.22. The minimum Gasteiger partial charge on any atom is -0.345 e. The van der Waals surface area contributed by atoms with Crippen molar-refractivity contribution in [3.8, 4) is 0 Å². The summed E-state index contributed by atoms with van der Waals surface area (Å²) in [6.07, 6.45) is 7.95. The second-order valence-electron chi connectivity index (χ2n) is 6.58. The topological polar surface area (TPSA) is 3.24 Å². The molecule has 0 N–H and O–H groups in total. The van der Waals surface area contributed by atoms with Crippen LogP contribution < -0.4 is 4.90 Å². The Labute approximate surface area is 127 Å². The van der Waals surface area contributed by atoms with Gasteiger partial charge in [0, 0.05) is 18.4 Å². The summed E-state index contributed by atoms with van der Waals surface area (Å²) in [6, 6.07) is 16.2. The van der Waals surface area contributed by atoms with Crippen molar-refractivity contribution in [3.05, 3.63) is 59.2 Å². The summed E-state index contributed by atoms with van der Waals surface area (Å²) in [4.78, 5) is 2.31. The van der Waals surface area contributed by atoms with E-state index in [1.54, 1.807) is 11.1 Å². The summed E-state index contributed by atoms with van der Waals surface area (Å²) < 4.78 is 0. The van der Waals surface area contributed by atoms with Gasteiger partial charge in [0.1, 0.15) is 0 Å². The number of anilines is 2. The summed E-state index contributed by atoms with van der Waals surface area (Å²) in [6.45, 7) is 0. The van der Waals surface area contributed by atoms with Gasteiger partial charge in [-0.3, -0.25) is 0 Å². The second-order valence-corrected chi connectivity index (χ2v) is 6.58. The Hall–Kier alpha value is -1.76. The molecule has 2 aliphatic carbocycles. The predicted molar refractivity (Wildman–Crippen MR) is 89.6 cm³/mol. The maximum Gasteiger partial charge on any atom is 0.0411 e. The van der Waals surface area contributed by atoms with Crippen molar-refractivity contribution in [1.29, 1.82) is 0 Å². The average Bonchev–Trinajstić information content (AvgIpc) is 3.39. The monoisotopic (exact) mass is 277 g/mol. The van der Waals surface area contributed by atoms with Crippen LogP contribution >= 0.6 is 0 Å². The number of rotatable bonds is 3. The maximum atomic E-state index is 2.39. The van der Waals surface area contributed by atoms with Gasteiger partial charge in [0.2, 0.25) is 0 Å². The molecule has 21 heavy (non-hydrogen) atoms. The number of aryl methyl sites for hydroxylation is 2. The fourth-order valence-electron chi connectivity index (χ4n) is 3.46. The van der Waals surface area contributed by atoms with Crippen LogP contribution in [0.3, 0.4) is 0 Å². The third kappa shape index (κ3) is 2.57. The van der Waals surface area contributed by atoms with Crippen molar-refractivity contribution >= 4 is 11.4 Å². The molecule has 0 amide bonds. The molecule has 1 fully saturated rings. The Bertz CT molecular complexity index is 637. The summed E-state index contributed by atoms with van der Waals surface area (Å²) in [5.41, 5.74) is 7.23. The normalized spacial score (nSPS) is 17.4. The van der Waals surface area contributed by atoms with Gasteiger partial charge in [0.05, 0.1) is 0 Å². The van der Waals surface area contributed by atoms with Crippen LogP contribution in [0.5, 0.6) is 0 Å². The Morgan fingerprint density at radius 3 is 2.19 bits per heavy atom. The molecule has 1 saturated carbocycles. The van der Waals surface area contributed by atoms with E-state index in [9.17, 15) is 0 Å². The van der Waals surface area contributed by atoms with Crippen molar-refractivity contribution < 1.29 is 0 Å². The van der Waals surface area contributed by atoms with Gasteiger partial charge in [-0.2, -0.15) is 0 Å². The number of nitrogens with zero attached hydrogens (tertiary/aromatic N) is 1. The first-order chi connectivity index (χ1) is 10.3. The van der Waals surface area contributed by atoms with Gasteiger partial charge in [0.25, 0.3) is 0 Å². The minimum atomic E-state index is 0.841. The number of hydrogen-bond acceptors (Lipinski definition) is 1. The van der Waals surface area contributed by atoms with E-state index < -0.39 is 0 Å². The molecule has 2 aliphatic rings. The Morgan fingerprint density at radius 1 is 0.810 bits per heavy atom. The van der Waals surface area contributed by atoms with E-state index in [1.807, 2.05) is 0 Å². The van der Waals surface area contributed by atoms with Crippen LogP contribution in [-0.2, 0) is 12.8 Å². The smallest absolute Gasteiger partial charge is 0.0411 e. The average molecular weight is 277 g/mol. The van der Waals surface area contributed by atoms with Crippen LogP contribution in [0, 0.1) is 0 Å². The summed E-state index contributed by atoms with van der Waals surface area (Å²) >= 11 is 0. The largest absolute Gasteiger partial charge is 0.345 e. The maximum absolute atomic E-state index is 2.39. The molecule has 2 aromatic carbocycles. The molecule has 0 aromatic heterocycles. The number of hydrogen-bond donors (Lipinski definition) is 0. The molecule has 1 heteroatoms. The minimum absolute atomic E-state index is 0.841. The molecular weight excluding hydrogens is 254 g/mol. The first-order valence-corrected chi connectivity index (χ1v) is 8.27. The van der Waals surface area contributed by atoms with Crippen LogP contribution in [0.2, 0.25) is 0 Å². The SMILES string of the molecule is CN(c1ccc(C2CC2)cc1)c1ccc2c(c1)CCCC2. The van der Waals surface area contributed by atoms with Crippen LogP contribution in [0.1, 0.15) is 48.3 Å². The van der Waals surface area contributed by atoms with Gasteiger partial charge in [-0.05, 0) is 85.4 Å². The zero-order chi connectivity index (χ0) is 14.2. The highest BCUT2D eigenvalue weighted by atomic mass is 15.1. The lowest BCUT2D eigenvalue weighted by molar-refractivity contribution is 0.685. The molecule has 0 heterocycles. The Morgan fingerprint density at radius 2 is 1.48 bits per heavy atom. The van der Waals surface area contributed by atoms with E-state index >= 15 is 0 Å². The fourth-order valence-corrected chi connectivity index (χ4v) is 3.46. The molecule has 0 spiro atoms. The van der Waals surface area contributed by atoms with Crippen molar-refractivity contribution in [2.75, 3.05) is 11.9 Å². The van der Waals surface area contributed by atoms with E-state index in [-0.39, 0.29) is 0 Å². The molecule has 4 rings (SSSR count).